The number of hydrogen-bond acceptors (Lipinski definition) is 4. The van der Waals surface area contributed by atoms with Crippen LogP contribution in [-0.4, -0.2) is 36.1 Å². The van der Waals surface area contributed by atoms with Gasteiger partial charge in [0.1, 0.15) is 5.75 Å². The summed E-state index contributed by atoms with van der Waals surface area (Å²) < 4.78 is 5.44. The smallest absolute Gasteiger partial charge is 0.128 e. The van der Waals surface area contributed by atoms with Crippen LogP contribution in [0.4, 0.5) is 0 Å². The third-order valence-electron chi connectivity index (χ3n) is 3.67. The molecule has 1 fully saturated rings. The molecule has 0 unspecified atom stereocenters. The van der Waals surface area contributed by atoms with Gasteiger partial charge in [0, 0.05) is 36.5 Å². The molecular weight excluding hydrogens is 226 g/mol. The van der Waals surface area contributed by atoms with Crippen LogP contribution in [0.3, 0.4) is 0 Å². The van der Waals surface area contributed by atoms with Crippen LogP contribution in [-0.2, 0) is 6.54 Å². The molecule has 2 N–H and O–H groups in total. The zero-order valence-corrected chi connectivity index (χ0v) is 11.6. The van der Waals surface area contributed by atoms with Gasteiger partial charge in [-0.2, -0.15) is 0 Å². The van der Waals surface area contributed by atoms with E-state index in [1.807, 2.05) is 13.1 Å². The largest absolute Gasteiger partial charge is 0.496 e. The van der Waals surface area contributed by atoms with Crippen molar-refractivity contribution in [2.24, 2.45) is 5.73 Å². The van der Waals surface area contributed by atoms with Crippen molar-refractivity contribution >= 4 is 0 Å². The molecular formula is C14H23N3O. The van der Waals surface area contributed by atoms with Crippen molar-refractivity contribution in [1.82, 2.24) is 9.88 Å². The molecule has 1 aliphatic rings. The van der Waals surface area contributed by atoms with Gasteiger partial charge in [-0.15, -0.1) is 0 Å². The Hall–Kier alpha value is -1.13. The molecule has 2 rings (SSSR count). The predicted octanol–water partition coefficient (Wildman–Crippen LogP) is 1.63. The molecule has 1 saturated heterocycles. The first-order valence-corrected chi connectivity index (χ1v) is 6.58. The second kappa shape index (κ2) is 5.67. The molecule has 0 aromatic carbocycles. The maximum absolute atomic E-state index is 6.01. The standard InChI is InChI=1S/C14H23N3O/c1-10-7-16-13(11(2)14(10)18-3)9-17-6-4-5-12(15)8-17/h7,12H,4-6,8-9,15H2,1-3H3/t12-/m1/s1. The molecule has 0 bridgehead atoms. The van der Waals surface area contributed by atoms with Crippen molar-refractivity contribution in [3.8, 4) is 5.75 Å². The Morgan fingerprint density at radius 3 is 2.94 bits per heavy atom. The number of nitrogens with zero attached hydrogens (tertiary/aromatic N) is 2. The lowest BCUT2D eigenvalue weighted by atomic mass is 10.1. The monoisotopic (exact) mass is 249 g/mol. The Balaban J connectivity index is 2.14. The van der Waals surface area contributed by atoms with Crippen molar-refractivity contribution < 1.29 is 4.74 Å². The Morgan fingerprint density at radius 1 is 1.50 bits per heavy atom. The number of pyridine rings is 1. The summed E-state index contributed by atoms with van der Waals surface area (Å²) in [6.07, 6.45) is 4.22. The summed E-state index contributed by atoms with van der Waals surface area (Å²) in [4.78, 5) is 6.93. The highest BCUT2D eigenvalue weighted by Crippen LogP contribution is 2.25. The minimum atomic E-state index is 0.311. The number of ether oxygens (including phenoxy) is 1. The lowest BCUT2D eigenvalue weighted by Gasteiger charge is -2.30. The van der Waals surface area contributed by atoms with E-state index in [4.69, 9.17) is 10.5 Å². The molecule has 0 amide bonds. The third-order valence-corrected chi connectivity index (χ3v) is 3.67. The summed E-state index contributed by atoms with van der Waals surface area (Å²) in [6, 6.07) is 0.311. The highest BCUT2D eigenvalue weighted by molar-refractivity contribution is 5.41. The number of piperidine rings is 1. The number of likely N-dealkylation sites (tertiary alicyclic amines) is 1. The molecule has 1 aromatic rings. The summed E-state index contributed by atoms with van der Waals surface area (Å²) >= 11 is 0. The summed E-state index contributed by atoms with van der Waals surface area (Å²) in [5, 5.41) is 0. The fourth-order valence-electron chi connectivity index (χ4n) is 2.68. The van der Waals surface area contributed by atoms with E-state index in [2.05, 4.69) is 16.8 Å². The first-order chi connectivity index (χ1) is 8.61. The van der Waals surface area contributed by atoms with Crippen LogP contribution in [0.15, 0.2) is 6.20 Å². The average Bonchev–Trinajstić information content (AvgIpc) is 2.34. The van der Waals surface area contributed by atoms with Gasteiger partial charge in [-0.1, -0.05) is 0 Å². The first kappa shape index (κ1) is 13.3. The summed E-state index contributed by atoms with van der Waals surface area (Å²) in [5.41, 5.74) is 9.35. The number of aromatic nitrogens is 1. The minimum Gasteiger partial charge on any atom is -0.496 e. The maximum atomic E-state index is 6.01. The topological polar surface area (TPSA) is 51.4 Å². The van der Waals surface area contributed by atoms with Gasteiger partial charge in [-0.05, 0) is 33.2 Å². The second-order valence-electron chi connectivity index (χ2n) is 5.18. The van der Waals surface area contributed by atoms with Crippen molar-refractivity contribution in [2.75, 3.05) is 20.2 Å². The lowest BCUT2D eigenvalue weighted by molar-refractivity contribution is 0.199. The summed E-state index contributed by atoms with van der Waals surface area (Å²) in [6.45, 7) is 7.07. The normalized spacial score (nSPS) is 21.0. The van der Waals surface area contributed by atoms with E-state index in [-0.39, 0.29) is 0 Å². The molecule has 4 heteroatoms. The molecule has 1 aliphatic heterocycles. The fraction of sp³-hybridized carbons (Fsp3) is 0.643. The molecule has 2 heterocycles. The fourth-order valence-corrected chi connectivity index (χ4v) is 2.68. The molecule has 100 valence electrons. The summed E-state index contributed by atoms with van der Waals surface area (Å²) in [7, 11) is 1.72. The van der Waals surface area contributed by atoms with Crippen LogP contribution < -0.4 is 10.5 Å². The number of methoxy groups -OCH3 is 1. The van der Waals surface area contributed by atoms with Gasteiger partial charge in [-0.25, -0.2) is 0 Å². The van der Waals surface area contributed by atoms with E-state index in [0.29, 0.717) is 6.04 Å². The maximum Gasteiger partial charge on any atom is 0.128 e. The quantitative estimate of drug-likeness (QED) is 0.884. The highest BCUT2D eigenvalue weighted by Gasteiger charge is 2.19. The van der Waals surface area contributed by atoms with Gasteiger partial charge in [0.05, 0.1) is 12.8 Å². The molecule has 0 saturated carbocycles. The molecule has 4 nitrogen and oxygen atoms in total. The van der Waals surface area contributed by atoms with E-state index in [9.17, 15) is 0 Å². The highest BCUT2D eigenvalue weighted by atomic mass is 16.5. The average molecular weight is 249 g/mol. The Morgan fingerprint density at radius 2 is 2.28 bits per heavy atom. The molecule has 1 aromatic heterocycles. The van der Waals surface area contributed by atoms with Gasteiger partial charge in [0.15, 0.2) is 0 Å². The number of nitrogens with two attached hydrogens (primary N) is 1. The van der Waals surface area contributed by atoms with Gasteiger partial charge >= 0.3 is 0 Å². The molecule has 18 heavy (non-hydrogen) atoms. The van der Waals surface area contributed by atoms with Crippen molar-refractivity contribution in [3.63, 3.8) is 0 Å². The van der Waals surface area contributed by atoms with Crippen molar-refractivity contribution in [2.45, 2.75) is 39.3 Å². The molecule has 0 aliphatic carbocycles. The zero-order valence-electron chi connectivity index (χ0n) is 11.6. The van der Waals surface area contributed by atoms with Crippen LogP contribution in [0.25, 0.3) is 0 Å². The molecule has 0 radical (unpaired) electrons. The van der Waals surface area contributed by atoms with Crippen LogP contribution >= 0.6 is 0 Å². The van der Waals surface area contributed by atoms with Crippen LogP contribution in [0.2, 0.25) is 0 Å². The second-order valence-corrected chi connectivity index (χ2v) is 5.18. The summed E-state index contributed by atoms with van der Waals surface area (Å²) in [5.74, 6) is 0.960. The number of aryl methyl sites for hydroxylation is 1. The van der Waals surface area contributed by atoms with Gasteiger partial charge in [0.2, 0.25) is 0 Å². The van der Waals surface area contributed by atoms with Crippen molar-refractivity contribution in [1.29, 1.82) is 0 Å². The first-order valence-electron chi connectivity index (χ1n) is 6.58. The SMILES string of the molecule is COc1c(C)cnc(CN2CCC[C@@H](N)C2)c1C. The third kappa shape index (κ3) is 2.82. The lowest BCUT2D eigenvalue weighted by Crippen LogP contribution is -2.42. The van der Waals surface area contributed by atoms with Crippen molar-refractivity contribution in [3.05, 3.63) is 23.0 Å². The van der Waals surface area contributed by atoms with E-state index in [1.54, 1.807) is 7.11 Å². The van der Waals surface area contributed by atoms with E-state index in [1.165, 1.54) is 6.42 Å². The Bertz CT molecular complexity index is 420. The Labute approximate surface area is 109 Å². The zero-order chi connectivity index (χ0) is 13.1. The molecule has 1 atom stereocenters. The van der Waals surface area contributed by atoms with Gasteiger partial charge in [-0.3, -0.25) is 9.88 Å². The van der Waals surface area contributed by atoms with Crippen LogP contribution in [0.5, 0.6) is 5.75 Å². The van der Waals surface area contributed by atoms with Crippen LogP contribution in [0.1, 0.15) is 29.7 Å². The van der Waals surface area contributed by atoms with Gasteiger partial charge < -0.3 is 10.5 Å². The van der Waals surface area contributed by atoms with E-state index < -0.39 is 0 Å². The van der Waals surface area contributed by atoms with E-state index in [0.717, 1.165) is 48.6 Å². The van der Waals surface area contributed by atoms with Crippen LogP contribution in [0, 0.1) is 13.8 Å². The van der Waals surface area contributed by atoms with Gasteiger partial charge in [0.25, 0.3) is 0 Å². The predicted molar refractivity (Wildman–Crippen MR) is 72.7 cm³/mol. The Kier molecular flexibility index (Phi) is 4.19. The minimum absolute atomic E-state index is 0.311. The number of rotatable bonds is 3. The van der Waals surface area contributed by atoms with E-state index >= 15 is 0 Å². The number of hydrogen-bond donors (Lipinski definition) is 1. The molecule has 0 spiro atoms.